The Morgan fingerprint density at radius 2 is 2.42 bits per heavy atom. The lowest BCUT2D eigenvalue weighted by Gasteiger charge is -1.95. The molecule has 12 heavy (non-hydrogen) atoms. The number of hydrogen-bond donors (Lipinski definition) is 2. The molecule has 2 rings (SSSR count). The topological polar surface area (TPSA) is 76.0 Å². The first kappa shape index (κ1) is 6.63. The predicted octanol–water partition coefficient (Wildman–Crippen LogP) is -1.11. The normalized spacial score (nSPS) is 12.8. The van der Waals surface area contributed by atoms with Gasteiger partial charge in [-0.1, -0.05) is 0 Å². The summed E-state index contributed by atoms with van der Waals surface area (Å²) in [6.45, 7) is 0. The van der Waals surface area contributed by atoms with E-state index in [0.29, 0.717) is 5.95 Å². The Morgan fingerprint density at radius 3 is 3.08 bits per heavy atom. The molecule has 0 aromatic carbocycles. The van der Waals surface area contributed by atoms with Crippen LogP contribution in [0.3, 0.4) is 0 Å². The lowest BCUT2D eigenvalue weighted by atomic mass is 10.6. The number of aromatic nitrogens is 2. The van der Waals surface area contributed by atoms with E-state index in [1.54, 1.807) is 5.94 Å². The van der Waals surface area contributed by atoms with Crippen molar-refractivity contribution in [3.8, 4) is 0 Å². The summed E-state index contributed by atoms with van der Waals surface area (Å²) in [6.07, 6.45) is 1.36. The average Bonchev–Trinajstić information content (AvgIpc) is 2.49. The van der Waals surface area contributed by atoms with Crippen molar-refractivity contribution in [3.63, 3.8) is 0 Å². The lowest BCUT2D eigenvalue weighted by Crippen LogP contribution is -2.23. The molecule has 1 aliphatic rings. The van der Waals surface area contributed by atoms with Gasteiger partial charge in [0.1, 0.15) is 0 Å². The van der Waals surface area contributed by atoms with Crippen molar-refractivity contribution >= 4 is 11.9 Å². The molecule has 0 spiro atoms. The van der Waals surface area contributed by atoms with Crippen LogP contribution in [0.15, 0.2) is 22.9 Å². The molecule has 0 bridgehead atoms. The number of fused-ring (bicyclic) bond motifs is 1. The van der Waals surface area contributed by atoms with Crippen molar-refractivity contribution in [1.82, 2.24) is 9.66 Å². The second kappa shape index (κ2) is 2.21. The maximum Gasteiger partial charge on any atom is 0.273 e. The van der Waals surface area contributed by atoms with Crippen LogP contribution in [0.1, 0.15) is 0 Å². The van der Waals surface area contributed by atoms with E-state index in [4.69, 9.17) is 0 Å². The number of rotatable bonds is 0. The van der Waals surface area contributed by atoms with E-state index in [0.717, 1.165) is 4.68 Å². The van der Waals surface area contributed by atoms with Crippen LogP contribution in [0, 0.1) is 0 Å². The minimum absolute atomic E-state index is 0.0887. The molecule has 2 heterocycles. The van der Waals surface area contributed by atoms with Gasteiger partial charge in [-0.15, -0.1) is 0 Å². The molecular formula is C6H4N4O2. The molecule has 0 aliphatic carbocycles. The minimum Gasteiger partial charge on any atom is -0.300 e. The van der Waals surface area contributed by atoms with E-state index < -0.39 is 0 Å². The third-order valence-electron chi connectivity index (χ3n) is 1.41. The Balaban J connectivity index is 2.62. The number of anilines is 1. The van der Waals surface area contributed by atoms with Gasteiger partial charge in [0.2, 0.25) is 11.8 Å². The number of nitrogens with one attached hydrogen (secondary N) is 2. The lowest BCUT2D eigenvalue weighted by molar-refractivity contribution is 0.567. The Bertz CT molecular complexity index is 429. The zero-order valence-electron chi connectivity index (χ0n) is 5.87. The molecule has 1 aromatic rings. The molecule has 0 amide bonds. The summed E-state index contributed by atoms with van der Waals surface area (Å²) in [5.41, 5.74) is 2.20. The summed E-state index contributed by atoms with van der Waals surface area (Å²) in [5.74, 6) is 1.96. The fourth-order valence-corrected chi connectivity index (χ4v) is 0.904. The van der Waals surface area contributed by atoms with Crippen LogP contribution in [0.25, 0.3) is 0 Å². The van der Waals surface area contributed by atoms with E-state index in [-0.39, 0.29) is 11.4 Å². The average molecular weight is 164 g/mol. The summed E-state index contributed by atoms with van der Waals surface area (Å²) in [4.78, 5) is 25.0. The summed E-state index contributed by atoms with van der Waals surface area (Å²) >= 11 is 0. The van der Waals surface area contributed by atoms with Crippen LogP contribution in [0.5, 0.6) is 0 Å². The minimum atomic E-state index is -0.280. The van der Waals surface area contributed by atoms with Gasteiger partial charge in [0, 0.05) is 12.3 Å². The highest BCUT2D eigenvalue weighted by Gasteiger charge is 2.15. The van der Waals surface area contributed by atoms with Crippen molar-refractivity contribution in [2.24, 2.45) is 0 Å². The van der Waals surface area contributed by atoms with Gasteiger partial charge >= 0.3 is 0 Å². The zero-order valence-corrected chi connectivity index (χ0v) is 5.87. The largest absolute Gasteiger partial charge is 0.300 e. The second-order valence-electron chi connectivity index (χ2n) is 2.16. The molecule has 6 heteroatoms. The highest BCUT2D eigenvalue weighted by Crippen LogP contribution is 2.06. The third kappa shape index (κ3) is 0.792. The van der Waals surface area contributed by atoms with Crippen LogP contribution in [-0.4, -0.2) is 15.6 Å². The van der Waals surface area contributed by atoms with Gasteiger partial charge in [-0.25, -0.2) is 9.78 Å². The maximum absolute atomic E-state index is 11.0. The van der Waals surface area contributed by atoms with E-state index >= 15 is 0 Å². The Labute approximate surface area is 66.5 Å². The maximum atomic E-state index is 11.0. The van der Waals surface area contributed by atoms with Crippen LogP contribution in [0.4, 0.5) is 5.95 Å². The van der Waals surface area contributed by atoms with Gasteiger partial charge in [-0.05, 0) is 0 Å². The molecule has 1 aromatic heterocycles. The zero-order chi connectivity index (χ0) is 8.55. The smallest absolute Gasteiger partial charge is 0.273 e. The molecule has 0 unspecified atom stereocenters. The van der Waals surface area contributed by atoms with Gasteiger partial charge in [0.05, 0.1) is 0 Å². The van der Waals surface area contributed by atoms with Crippen molar-refractivity contribution in [2.45, 2.75) is 0 Å². The molecule has 1 aliphatic heterocycles. The number of hydrogen-bond acceptors (Lipinski definition) is 5. The first-order valence-corrected chi connectivity index (χ1v) is 3.18. The van der Waals surface area contributed by atoms with Crippen molar-refractivity contribution in [1.29, 1.82) is 0 Å². The molecule has 0 saturated carbocycles. The second-order valence-corrected chi connectivity index (χ2v) is 2.16. The third-order valence-corrected chi connectivity index (χ3v) is 1.41. The van der Waals surface area contributed by atoms with Crippen LogP contribution >= 0.6 is 0 Å². The van der Waals surface area contributed by atoms with Gasteiger partial charge in [0.25, 0.3) is 5.56 Å². The molecule has 0 atom stereocenters. The first-order valence-electron chi connectivity index (χ1n) is 3.18. The Kier molecular flexibility index (Phi) is 1.22. The molecule has 0 fully saturated rings. The van der Waals surface area contributed by atoms with Crippen LogP contribution < -0.4 is 16.3 Å². The van der Waals surface area contributed by atoms with Crippen LogP contribution in [-0.2, 0) is 4.79 Å². The van der Waals surface area contributed by atoms with Gasteiger partial charge in [-0.3, -0.25) is 15.5 Å². The first-order chi connectivity index (χ1) is 5.81. The fraction of sp³-hybridized carbons (Fsp3) is 0. The van der Waals surface area contributed by atoms with Gasteiger partial charge in [0.15, 0.2) is 5.94 Å². The highest BCUT2D eigenvalue weighted by molar-refractivity contribution is 5.63. The summed E-state index contributed by atoms with van der Waals surface area (Å²) in [6, 6.07) is 1.28. The molecule has 6 nitrogen and oxygen atoms in total. The standard InChI is InChI=1S/C6H4N4O2/c11-3-4-8-6-7-2-1-5(12)10(6)9-4/h1-2,9H,(H,7,8). The van der Waals surface area contributed by atoms with Crippen molar-refractivity contribution in [3.05, 3.63) is 28.4 Å². The monoisotopic (exact) mass is 164 g/mol. The predicted molar refractivity (Wildman–Crippen MR) is 40.7 cm³/mol. The molecule has 0 radical (unpaired) electrons. The summed E-state index contributed by atoms with van der Waals surface area (Å²) < 4.78 is 1.13. The Hall–Kier alpha value is -2.07. The SMILES string of the molecule is O=C=C1Nc2nccc(=O)n2N1. The Morgan fingerprint density at radius 1 is 1.58 bits per heavy atom. The van der Waals surface area contributed by atoms with E-state index in [1.807, 2.05) is 0 Å². The van der Waals surface area contributed by atoms with E-state index in [2.05, 4.69) is 15.7 Å². The van der Waals surface area contributed by atoms with Gasteiger partial charge < -0.3 is 0 Å². The number of nitrogens with zero attached hydrogens (tertiary/aromatic N) is 2. The molecule has 60 valence electrons. The van der Waals surface area contributed by atoms with Crippen molar-refractivity contribution < 1.29 is 4.79 Å². The van der Waals surface area contributed by atoms with E-state index in [9.17, 15) is 9.59 Å². The molecule has 0 saturated heterocycles. The van der Waals surface area contributed by atoms with Crippen LogP contribution in [0.2, 0.25) is 0 Å². The van der Waals surface area contributed by atoms with E-state index in [1.165, 1.54) is 12.3 Å². The highest BCUT2D eigenvalue weighted by atomic mass is 16.1. The summed E-state index contributed by atoms with van der Waals surface area (Å²) in [7, 11) is 0. The molecular weight excluding hydrogens is 160 g/mol. The van der Waals surface area contributed by atoms with Crippen molar-refractivity contribution in [2.75, 3.05) is 10.7 Å². The fourth-order valence-electron chi connectivity index (χ4n) is 0.904. The van der Waals surface area contributed by atoms with Gasteiger partial charge in [-0.2, -0.15) is 4.68 Å². The summed E-state index contributed by atoms with van der Waals surface area (Å²) in [5, 5.41) is 2.56. The number of carbonyl (C=O) groups excluding carboxylic acids is 1. The molecule has 2 N–H and O–H groups in total. The quantitative estimate of drug-likeness (QED) is 0.475.